The molecule has 0 spiro atoms. The summed E-state index contributed by atoms with van der Waals surface area (Å²) < 4.78 is 15.4. The van der Waals surface area contributed by atoms with E-state index < -0.39 is 0 Å². The van der Waals surface area contributed by atoms with Crippen LogP contribution in [0.4, 0.5) is 4.39 Å². The first kappa shape index (κ1) is 15.0. The van der Waals surface area contributed by atoms with Crippen LogP contribution in [-0.2, 0) is 6.54 Å². The number of aromatic nitrogens is 1. The summed E-state index contributed by atoms with van der Waals surface area (Å²) in [6.45, 7) is 0.138. The lowest BCUT2D eigenvalue weighted by molar-refractivity contribution is -0.684. The molecule has 0 bridgehead atoms. The molecule has 0 aliphatic rings. The van der Waals surface area contributed by atoms with Gasteiger partial charge in [-0.25, -0.2) is 4.39 Å². The molecule has 0 fully saturated rings. The van der Waals surface area contributed by atoms with E-state index in [4.69, 9.17) is 0 Å². The first-order valence-corrected chi connectivity index (χ1v) is 5.88. The monoisotopic (exact) mass is 373 g/mol. The molecular formula is C13H10Br2FNO. The van der Waals surface area contributed by atoms with Crippen LogP contribution in [-0.4, -0.2) is 5.78 Å². The van der Waals surface area contributed by atoms with Crippen molar-refractivity contribution in [2.24, 2.45) is 0 Å². The lowest BCUT2D eigenvalue weighted by atomic mass is 10.1. The molecule has 0 aliphatic heterocycles. The van der Waals surface area contributed by atoms with Crippen molar-refractivity contribution in [3.8, 4) is 0 Å². The number of halogens is 3. The highest BCUT2D eigenvalue weighted by atomic mass is 79.9. The molecule has 94 valence electrons. The van der Waals surface area contributed by atoms with Crippen LogP contribution in [0.3, 0.4) is 0 Å². The molecule has 1 aromatic heterocycles. The van der Waals surface area contributed by atoms with Gasteiger partial charge in [-0.2, -0.15) is 4.57 Å². The van der Waals surface area contributed by atoms with Crippen LogP contribution in [0.2, 0.25) is 0 Å². The third kappa shape index (κ3) is 3.99. The van der Waals surface area contributed by atoms with Gasteiger partial charge < -0.3 is 17.0 Å². The number of hydrogen-bond acceptors (Lipinski definition) is 1. The number of Topliss-reactive ketones (excluding diaryl/α,β-unsaturated/α-hetero) is 1. The first-order chi connectivity index (χ1) is 8.15. The van der Waals surface area contributed by atoms with Gasteiger partial charge in [0.2, 0.25) is 18.5 Å². The second-order valence-corrected chi connectivity index (χ2v) is 4.54. The summed E-state index contributed by atoms with van der Waals surface area (Å²) >= 11 is 3.30. The molecule has 0 saturated heterocycles. The normalized spacial score (nSPS) is 9.67. The number of rotatable bonds is 3. The molecule has 2 nitrogen and oxygen atoms in total. The molecule has 5 heteroatoms. The van der Waals surface area contributed by atoms with Crippen molar-refractivity contribution in [1.29, 1.82) is 0 Å². The second-order valence-electron chi connectivity index (χ2n) is 3.62. The highest BCUT2D eigenvalue weighted by molar-refractivity contribution is 9.10. The maximum atomic E-state index is 12.9. The second kappa shape index (κ2) is 6.75. The van der Waals surface area contributed by atoms with Crippen LogP contribution in [0.15, 0.2) is 53.3 Å². The van der Waals surface area contributed by atoms with Gasteiger partial charge in [0.25, 0.3) is 0 Å². The van der Waals surface area contributed by atoms with Crippen molar-refractivity contribution in [2.75, 3.05) is 0 Å². The van der Waals surface area contributed by atoms with Gasteiger partial charge in [0.15, 0.2) is 12.0 Å². The molecule has 0 aliphatic carbocycles. The molecule has 0 N–H and O–H groups in total. The van der Waals surface area contributed by atoms with Crippen molar-refractivity contribution in [3.05, 3.63) is 64.6 Å². The average molecular weight is 375 g/mol. The molecule has 0 unspecified atom stereocenters. The van der Waals surface area contributed by atoms with Crippen molar-refractivity contribution in [2.45, 2.75) is 6.54 Å². The molecule has 1 heterocycles. The summed E-state index contributed by atoms with van der Waals surface area (Å²) in [5, 5.41) is 0. The summed E-state index contributed by atoms with van der Waals surface area (Å²) in [5.41, 5.74) is 0.616. The topological polar surface area (TPSA) is 20.9 Å². The predicted molar refractivity (Wildman–Crippen MR) is 65.1 cm³/mol. The Morgan fingerprint density at radius 1 is 1.22 bits per heavy atom. The van der Waals surface area contributed by atoms with Crippen LogP contribution >= 0.6 is 15.9 Å². The van der Waals surface area contributed by atoms with E-state index in [1.54, 1.807) is 24.4 Å². The number of carbonyl (C=O) groups excluding carboxylic acids is 1. The van der Waals surface area contributed by atoms with Crippen molar-refractivity contribution >= 4 is 21.7 Å². The Kier molecular flexibility index (Phi) is 5.62. The van der Waals surface area contributed by atoms with E-state index in [1.165, 1.54) is 16.8 Å². The van der Waals surface area contributed by atoms with Crippen LogP contribution in [0.5, 0.6) is 0 Å². The lowest BCUT2D eigenvalue weighted by Gasteiger charge is -1.98. The summed E-state index contributed by atoms with van der Waals surface area (Å²) in [6, 6.07) is 10.0. The van der Waals surface area contributed by atoms with Crippen molar-refractivity contribution < 1.29 is 30.7 Å². The number of nitrogens with zero attached hydrogens (tertiary/aromatic N) is 1. The van der Waals surface area contributed by atoms with E-state index in [2.05, 4.69) is 15.9 Å². The Balaban J connectivity index is 0.00000162. The molecule has 18 heavy (non-hydrogen) atoms. The van der Waals surface area contributed by atoms with E-state index >= 15 is 0 Å². The van der Waals surface area contributed by atoms with Gasteiger partial charge in [-0.05, 0) is 18.2 Å². The Morgan fingerprint density at radius 2 is 1.89 bits per heavy atom. The fourth-order valence-corrected chi connectivity index (χ4v) is 1.75. The Bertz CT molecular complexity index is 543. The van der Waals surface area contributed by atoms with E-state index in [-0.39, 0.29) is 35.1 Å². The number of benzene rings is 1. The molecule has 2 rings (SSSR count). The summed E-state index contributed by atoms with van der Waals surface area (Å²) in [7, 11) is 0. The smallest absolute Gasteiger partial charge is 0.227 e. The summed E-state index contributed by atoms with van der Waals surface area (Å²) in [5.74, 6) is -0.399. The minimum atomic E-state index is -0.351. The van der Waals surface area contributed by atoms with E-state index in [0.29, 0.717) is 5.56 Å². The molecule has 2 aromatic rings. The van der Waals surface area contributed by atoms with Gasteiger partial charge in [-0.15, -0.1) is 0 Å². The Morgan fingerprint density at radius 3 is 2.50 bits per heavy atom. The zero-order valence-corrected chi connectivity index (χ0v) is 12.5. The van der Waals surface area contributed by atoms with Crippen LogP contribution < -0.4 is 21.5 Å². The van der Waals surface area contributed by atoms with Crippen LogP contribution in [0.1, 0.15) is 10.4 Å². The lowest BCUT2D eigenvalue weighted by Crippen LogP contribution is -3.00. The predicted octanol–water partition coefficient (Wildman–Crippen LogP) is -0.237. The summed E-state index contributed by atoms with van der Waals surface area (Å²) in [4.78, 5) is 11.9. The first-order valence-electron chi connectivity index (χ1n) is 5.08. The highest BCUT2D eigenvalue weighted by Crippen LogP contribution is 2.10. The molecule has 0 saturated carbocycles. The van der Waals surface area contributed by atoms with Gasteiger partial charge in [-0.1, -0.05) is 28.1 Å². The fourth-order valence-electron chi connectivity index (χ4n) is 1.48. The summed E-state index contributed by atoms with van der Waals surface area (Å²) in [6.07, 6.45) is 2.97. The van der Waals surface area contributed by atoms with Crippen LogP contribution in [0, 0.1) is 5.82 Å². The SMILES string of the molecule is O=C(C[n+]1cccc(F)c1)c1ccc(Br)cc1.[Br-]. The van der Waals surface area contributed by atoms with Crippen molar-refractivity contribution in [1.82, 2.24) is 0 Å². The van der Waals surface area contributed by atoms with Gasteiger partial charge in [0.1, 0.15) is 0 Å². The van der Waals surface area contributed by atoms with E-state index in [1.807, 2.05) is 12.1 Å². The quantitative estimate of drug-likeness (QED) is 0.536. The minimum Gasteiger partial charge on any atom is -1.00 e. The standard InChI is InChI=1S/C13H10BrFNO.BrH/c14-11-5-3-10(4-6-11)13(17)9-16-7-1-2-12(15)8-16;/h1-8H,9H2;1H/q+1;/p-1. The van der Waals surface area contributed by atoms with Crippen LogP contribution in [0.25, 0.3) is 0 Å². The van der Waals surface area contributed by atoms with Crippen molar-refractivity contribution in [3.63, 3.8) is 0 Å². The Hall–Kier alpha value is -1.07. The highest BCUT2D eigenvalue weighted by Gasteiger charge is 2.12. The fraction of sp³-hybridized carbons (Fsp3) is 0.0769. The number of hydrogen-bond donors (Lipinski definition) is 0. The van der Waals surface area contributed by atoms with E-state index in [9.17, 15) is 9.18 Å². The molecule has 0 amide bonds. The maximum absolute atomic E-state index is 12.9. The number of pyridine rings is 1. The van der Waals surface area contributed by atoms with Gasteiger partial charge in [0.05, 0.1) is 0 Å². The zero-order chi connectivity index (χ0) is 12.3. The molecule has 1 aromatic carbocycles. The molecule has 0 radical (unpaired) electrons. The minimum absolute atomic E-state index is 0. The van der Waals surface area contributed by atoms with Gasteiger partial charge >= 0.3 is 0 Å². The molecular weight excluding hydrogens is 365 g/mol. The Labute approximate surface area is 123 Å². The zero-order valence-electron chi connectivity index (χ0n) is 9.32. The average Bonchev–Trinajstić information content (AvgIpc) is 2.29. The maximum Gasteiger partial charge on any atom is 0.227 e. The number of carbonyl (C=O) groups is 1. The third-order valence-electron chi connectivity index (χ3n) is 2.31. The number of ketones is 1. The largest absolute Gasteiger partial charge is 1.00 e. The van der Waals surface area contributed by atoms with E-state index in [0.717, 1.165) is 4.47 Å². The third-order valence-corrected chi connectivity index (χ3v) is 2.84. The van der Waals surface area contributed by atoms with Gasteiger partial charge in [-0.3, -0.25) is 4.79 Å². The molecule has 0 atom stereocenters. The van der Waals surface area contributed by atoms with Gasteiger partial charge in [0, 0.05) is 16.1 Å².